The Balaban J connectivity index is 1.83. The van der Waals surface area contributed by atoms with E-state index in [4.69, 9.17) is 9.47 Å². The van der Waals surface area contributed by atoms with Gasteiger partial charge in [-0.3, -0.25) is 0 Å². The minimum absolute atomic E-state index is 0.189. The van der Waals surface area contributed by atoms with Crippen LogP contribution in [0, 0.1) is 12.7 Å². The van der Waals surface area contributed by atoms with Crippen LogP contribution in [0.4, 0.5) is 15.9 Å². The molecule has 2 aromatic carbocycles. The highest BCUT2D eigenvalue weighted by Crippen LogP contribution is 2.37. The molecule has 0 amide bonds. The van der Waals surface area contributed by atoms with Gasteiger partial charge in [-0.25, -0.2) is 14.4 Å². The van der Waals surface area contributed by atoms with Gasteiger partial charge in [0.1, 0.15) is 18.0 Å². The molecule has 22 heavy (non-hydrogen) atoms. The van der Waals surface area contributed by atoms with Gasteiger partial charge in [0.25, 0.3) is 0 Å². The number of hydrogen-bond donors (Lipinski definition) is 1. The molecule has 0 fully saturated rings. The molecule has 1 aliphatic rings. The van der Waals surface area contributed by atoms with Gasteiger partial charge in [-0.2, -0.15) is 0 Å². The average molecular weight is 297 g/mol. The maximum Gasteiger partial charge on any atom is 0.231 e. The average Bonchev–Trinajstić information content (AvgIpc) is 2.97. The molecule has 2 heterocycles. The van der Waals surface area contributed by atoms with Gasteiger partial charge in [0.05, 0.1) is 11.2 Å². The summed E-state index contributed by atoms with van der Waals surface area (Å²) in [4.78, 5) is 8.43. The lowest BCUT2D eigenvalue weighted by Gasteiger charge is -2.10. The van der Waals surface area contributed by atoms with Gasteiger partial charge < -0.3 is 14.8 Å². The Labute approximate surface area is 125 Å². The first kappa shape index (κ1) is 12.8. The van der Waals surface area contributed by atoms with Crippen LogP contribution in [0.3, 0.4) is 0 Å². The molecule has 0 spiro atoms. The fourth-order valence-electron chi connectivity index (χ4n) is 2.42. The number of nitrogens with zero attached hydrogens (tertiary/aromatic N) is 2. The number of aryl methyl sites for hydroxylation is 1. The second kappa shape index (κ2) is 4.84. The molecule has 0 saturated heterocycles. The van der Waals surface area contributed by atoms with Gasteiger partial charge in [0, 0.05) is 11.5 Å². The number of nitrogens with one attached hydrogen (secondary N) is 1. The third kappa shape index (κ3) is 2.00. The van der Waals surface area contributed by atoms with Gasteiger partial charge in [-0.05, 0) is 24.6 Å². The van der Waals surface area contributed by atoms with Crippen LogP contribution in [0.15, 0.2) is 36.7 Å². The quantitative estimate of drug-likeness (QED) is 0.784. The summed E-state index contributed by atoms with van der Waals surface area (Å²) in [6.45, 7) is 1.91. The van der Waals surface area contributed by atoms with Crippen LogP contribution in [-0.2, 0) is 0 Å². The first-order chi connectivity index (χ1) is 10.7. The molecule has 1 N–H and O–H groups in total. The van der Waals surface area contributed by atoms with Crippen molar-refractivity contribution >= 4 is 22.4 Å². The van der Waals surface area contributed by atoms with E-state index in [9.17, 15) is 4.39 Å². The summed E-state index contributed by atoms with van der Waals surface area (Å²) in [6, 6.07) is 8.77. The van der Waals surface area contributed by atoms with Crippen molar-refractivity contribution in [3.63, 3.8) is 0 Å². The zero-order chi connectivity index (χ0) is 15.1. The maximum absolute atomic E-state index is 14.2. The molecule has 1 aromatic heterocycles. The number of halogens is 1. The lowest BCUT2D eigenvalue weighted by molar-refractivity contribution is 0.174. The van der Waals surface area contributed by atoms with E-state index in [0.29, 0.717) is 34.1 Å². The van der Waals surface area contributed by atoms with Crippen LogP contribution in [0.2, 0.25) is 0 Å². The molecular weight excluding hydrogens is 285 g/mol. The van der Waals surface area contributed by atoms with Gasteiger partial charge >= 0.3 is 0 Å². The lowest BCUT2D eigenvalue weighted by Crippen LogP contribution is -1.99. The van der Waals surface area contributed by atoms with Crippen molar-refractivity contribution in [1.82, 2.24) is 9.97 Å². The second-order valence-electron chi connectivity index (χ2n) is 5.01. The van der Waals surface area contributed by atoms with E-state index < -0.39 is 0 Å². The Morgan fingerprint density at radius 3 is 2.82 bits per heavy atom. The number of ether oxygens (including phenoxy) is 2. The third-order valence-corrected chi connectivity index (χ3v) is 3.57. The number of benzene rings is 2. The van der Waals surface area contributed by atoms with Crippen LogP contribution < -0.4 is 14.8 Å². The van der Waals surface area contributed by atoms with Crippen molar-refractivity contribution in [2.75, 3.05) is 12.1 Å². The highest BCUT2D eigenvalue weighted by Gasteiger charge is 2.17. The standard InChI is InChI=1S/C16H12FN3O2/c1-9-3-2-4-11(15(9)17)20-16-10-5-13-14(22-8-21-13)6-12(10)18-7-19-16/h2-7H,8H2,1H3,(H,18,19,20). The second-order valence-corrected chi connectivity index (χ2v) is 5.01. The molecule has 110 valence electrons. The molecule has 0 unspecified atom stereocenters. The van der Waals surface area contributed by atoms with Crippen molar-refractivity contribution in [1.29, 1.82) is 0 Å². The van der Waals surface area contributed by atoms with E-state index in [-0.39, 0.29) is 12.6 Å². The van der Waals surface area contributed by atoms with E-state index in [0.717, 1.165) is 5.39 Å². The zero-order valence-corrected chi connectivity index (χ0v) is 11.8. The molecule has 5 nitrogen and oxygen atoms in total. The summed E-state index contributed by atoms with van der Waals surface area (Å²) in [5.74, 6) is 1.51. The highest BCUT2D eigenvalue weighted by atomic mass is 19.1. The first-order valence-corrected chi connectivity index (χ1v) is 6.79. The molecule has 3 aromatic rings. The van der Waals surface area contributed by atoms with Crippen LogP contribution >= 0.6 is 0 Å². The molecule has 0 saturated carbocycles. The van der Waals surface area contributed by atoms with Crippen molar-refractivity contribution in [2.24, 2.45) is 0 Å². The van der Waals surface area contributed by atoms with Crippen LogP contribution in [-0.4, -0.2) is 16.8 Å². The van der Waals surface area contributed by atoms with Gasteiger partial charge in [0.2, 0.25) is 6.79 Å². The SMILES string of the molecule is Cc1cccc(Nc2ncnc3cc4c(cc23)OCO4)c1F. The minimum Gasteiger partial charge on any atom is -0.454 e. The smallest absolute Gasteiger partial charge is 0.231 e. The normalized spacial score (nSPS) is 12.6. The third-order valence-electron chi connectivity index (χ3n) is 3.57. The lowest BCUT2D eigenvalue weighted by atomic mass is 10.2. The number of anilines is 2. The molecule has 0 radical (unpaired) electrons. The van der Waals surface area contributed by atoms with Gasteiger partial charge in [-0.15, -0.1) is 0 Å². The Hall–Kier alpha value is -2.89. The van der Waals surface area contributed by atoms with Crippen molar-refractivity contribution in [3.8, 4) is 11.5 Å². The van der Waals surface area contributed by atoms with Crippen LogP contribution in [0.25, 0.3) is 10.9 Å². The molecule has 1 aliphatic heterocycles. The summed E-state index contributed by atoms with van der Waals surface area (Å²) in [6.07, 6.45) is 1.43. The fourth-order valence-corrected chi connectivity index (χ4v) is 2.42. The Morgan fingerprint density at radius 2 is 1.95 bits per heavy atom. The summed E-state index contributed by atoms with van der Waals surface area (Å²) in [5.41, 5.74) is 1.65. The molecule has 0 atom stereocenters. The van der Waals surface area contributed by atoms with E-state index in [1.165, 1.54) is 6.33 Å². The minimum atomic E-state index is -0.296. The number of aromatic nitrogens is 2. The summed E-state index contributed by atoms with van der Waals surface area (Å²) in [5, 5.41) is 3.77. The molecule has 0 bridgehead atoms. The topological polar surface area (TPSA) is 56.3 Å². The summed E-state index contributed by atoms with van der Waals surface area (Å²) < 4.78 is 24.9. The van der Waals surface area contributed by atoms with E-state index in [1.807, 2.05) is 0 Å². The molecule has 4 rings (SSSR count). The molecular formula is C16H12FN3O2. The van der Waals surface area contributed by atoms with Gasteiger partial charge in [-0.1, -0.05) is 12.1 Å². The largest absolute Gasteiger partial charge is 0.454 e. The molecule has 0 aliphatic carbocycles. The molecule has 6 heteroatoms. The van der Waals surface area contributed by atoms with E-state index in [2.05, 4.69) is 15.3 Å². The van der Waals surface area contributed by atoms with E-state index in [1.54, 1.807) is 37.3 Å². The summed E-state index contributed by atoms with van der Waals surface area (Å²) >= 11 is 0. The Bertz CT molecular complexity index is 883. The van der Waals surface area contributed by atoms with Gasteiger partial charge in [0.15, 0.2) is 11.5 Å². The maximum atomic E-state index is 14.2. The number of fused-ring (bicyclic) bond motifs is 2. The predicted molar refractivity (Wildman–Crippen MR) is 80.1 cm³/mol. The summed E-state index contributed by atoms with van der Waals surface area (Å²) in [7, 11) is 0. The fraction of sp³-hybridized carbons (Fsp3) is 0.125. The number of rotatable bonds is 2. The Kier molecular flexibility index (Phi) is 2.82. The zero-order valence-electron chi connectivity index (χ0n) is 11.8. The van der Waals surface area contributed by atoms with Crippen LogP contribution in [0.1, 0.15) is 5.56 Å². The van der Waals surface area contributed by atoms with Crippen molar-refractivity contribution in [3.05, 3.63) is 48.0 Å². The van der Waals surface area contributed by atoms with Crippen molar-refractivity contribution < 1.29 is 13.9 Å². The van der Waals surface area contributed by atoms with Crippen LogP contribution in [0.5, 0.6) is 11.5 Å². The van der Waals surface area contributed by atoms with E-state index >= 15 is 0 Å². The predicted octanol–water partition coefficient (Wildman–Crippen LogP) is 3.55. The Morgan fingerprint density at radius 1 is 1.14 bits per heavy atom. The highest BCUT2D eigenvalue weighted by molar-refractivity contribution is 5.93. The van der Waals surface area contributed by atoms with Crippen molar-refractivity contribution in [2.45, 2.75) is 6.92 Å². The number of hydrogen-bond acceptors (Lipinski definition) is 5. The first-order valence-electron chi connectivity index (χ1n) is 6.79. The monoisotopic (exact) mass is 297 g/mol.